The number of aryl methyl sites for hydroxylation is 2. The average molecular weight is 235 g/mol. The van der Waals surface area contributed by atoms with Crippen molar-refractivity contribution in [2.45, 2.75) is 53.2 Å². The van der Waals surface area contributed by atoms with Gasteiger partial charge in [-0.2, -0.15) is 0 Å². The number of rotatable bonds is 5. The first-order chi connectivity index (χ1) is 7.99. The molecule has 0 fully saturated rings. The summed E-state index contributed by atoms with van der Waals surface area (Å²) in [6.45, 7) is 10.7. The quantitative estimate of drug-likeness (QED) is 0.845. The Kier molecular flexibility index (Phi) is 5.01. The SMILES string of the molecule is CCC(NC)C(C)Oc1cc(C)cc(C)c1C. The second kappa shape index (κ2) is 6.06. The summed E-state index contributed by atoms with van der Waals surface area (Å²) in [7, 11) is 1.99. The average Bonchev–Trinajstić information content (AvgIpc) is 2.27. The van der Waals surface area contributed by atoms with Crippen LogP contribution in [0.3, 0.4) is 0 Å². The zero-order valence-electron chi connectivity index (χ0n) is 11.9. The summed E-state index contributed by atoms with van der Waals surface area (Å²) in [5.74, 6) is 1.02. The van der Waals surface area contributed by atoms with Gasteiger partial charge in [0.05, 0.1) is 0 Å². The van der Waals surface area contributed by atoms with Crippen molar-refractivity contribution in [1.29, 1.82) is 0 Å². The second-order valence-corrected chi connectivity index (χ2v) is 4.83. The minimum Gasteiger partial charge on any atom is -0.489 e. The molecule has 17 heavy (non-hydrogen) atoms. The Morgan fingerprint density at radius 1 is 1.24 bits per heavy atom. The highest BCUT2D eigenvalue weighted by Crippen LogP contribution is 2.25. The minimum absolute atomic E-state index is 0.185. The van der Waals surface area contributed by atoms with E-state index >= 15 is 0 Å². The van der Waals surface area contributed by atoms with Gasteiger partial charge >= 0.3 is 0 Å². The fraction of sp³-hybridized carbons (Fsp3) is 0.600. The summed E-state index contributed by atoms with van der Waals surface area (Å²) >= 11 is 0. The summed E-state index contributed by atoms with van der Waals surface area (Å²) in [4.78, 5) is 0. The normalized spacial score (nSPS) is 14.5. The van der Waals surface area contributed by atoms with E-state index < -0.39 is 0 Å². The van der Waals surface area contributed by atoms with Crippen molar-refractivity contribution in [1.82, 2.24) is 5.32 Å². The zero-order chi connectivity index (χ0) is 13.0. The monoisotopic (exact) mass is 235 g/mol. The summed E-state index contributed by atoms with van der Waals surface area (Å²) < 4.78 is 6.09. The first-order valence-corrected chi connectivity index (χ1v) is 6.41. The number of benzene rings is 1. The van der Waals surface area contributed by atoms with Gasteiger partial charge in [0, 0.05) is 6.04 Å². The van der Waals surface area contributed by atoms with E-state index in [1.165, 1.54) is 16.7 Å². The Labute approximate surface area is 105 Å². The van der Waals surface area contributed by atoms with Crippen molar-refractivity contribution in [3.63, 3.8) is 0 Å². The standard InChI is InChI=1S/C15H25NO/c1-7-14(16-6)13(5)17-15-9-10(2)8-11(3)12(15)4/h8-9,13-14,16H,7H2,1-6H3. The van der Waals surface area contributed by atoms with E-state index in [9.17, 15) is 0 Å². The smallest absolute Gasteiger partial charge is 0.123 e. The second-order valence-electron chi connectivity index (χ2n) is 4.83. The first kappa shape index (κ1) is 14.0. The molecule has 0 saturated carbocycles. The maximum atomic E-state index is 6.09. The fourth-order valence-corrected chi connectivity index (χ4v) is 2.18. The van der Waals surface area contributed by atoms with Crippen molar-refractivity contribution in [3.05, 3.63) is 28.8 Å². The van der Waals surface area contributed by atoms with E-state index in [1.54, 1.807) is 0 Å². The van der Waals surface area contributed by atoms with Crippen molar-refractivity contribution in [2.75, 3.05) is 7.05 Å². The molecule has 0 aliphatic carbocycles. The highest BCUT2D eigenvalue weighted by molar-refractivity contribution is 5.42. The lowest BCUT2D eigenvalue weighted by Crippen LogP contribution is -2.38. The Morgan fingerprint density at radius 2 is 1.88 bits per heavy atom. The minimum atomic E-state index is 0.185. The topological polar surface area (TPSA) is 21.3 Å². The van der Waals surface area contributed by atoms with Crippen LogP contribution in [0.15, 0.2) is 12.1 Å². The zero-order valence-corrected chi connectivity index (χ0v) is 11.9. The highest BCUT2D eigenvalue weighted by atomic mass is 16.5. The number of nitrogens with one attached hydrogen (secondary N) is 1. The third kappa shape index (κ3) is 3.47. The molecule has 0 radical (unpaired) electrons. The van der Waals surface area contributed by atoms with E-state index in [0.29, 0.717) is 6.04 Å². The fourth-order valence-electron chi connectivity index (χ4n) is 2.18. The highest BCUT2D eigenvalue weighted by Gasteiger charge is 2.16. The van der Waals surface area contributed by atoms with Crippen LogP contribution in [-0.2, 0) is 0 Å². The number of hydrogen-bond acceptors (Lipinski definition) is 2. The maximum absolute atomic E-state index is 6.09. The molecule has 96 valence electrons. The molecule has 1 N–H and O–H groups in total. The molecule has 0 aliphatic rings. The lowest BCUT2D eigenvalue weighted by Gasteiger charge is -2.25. The molecule has 2 heteroatoms. The molecule has 0 bridgehead atoms. The molecule has 1 rings (SSSR count). The Bertz CT molecular complexity index is 369. The van der Waals surface area contributed by atoms with Crippen LogP contribution in [-0.4, -0.2) is 19.2 Å². The van der Waals surface area contributed by atoms with Gasteiger partial charge in [-0.05, 0) is 63.9 Å². The lowest BCUT2D eigenvalue weighted by atomic mass is 10.1. The van der Waals surface area contributed by atoms with Crippen molar-refractivity contribution < 1.29 is 4.74 Å². The molecule has 0 aliphatic heterocycles. The molecule has 0 spiro atoms. The number of likely N-dealkylation sites (N-methyl/N-ethyl adjacent to an activating group) is 1. The van der Waals surface area contributed by atoms with Crippen LogP contribution in [0.25, 0.3) is 0 Å². The van der Waals surface area contributed by atoms with Gasteiger partial charge in [0.15, 0.2) is 0 Å². The molecular formula is C15H25NO. The predicted octanol–water partition coefficient (Wildman–Crippen LogP) is 3.38. The maximum Gasteiger partial charge on any atom is 0.123 e. The molecule has 2 atom stereocenters. The third-order valence-electron chi connectivity index (χ3n) is 3.45. The van der Waals surface area contributed by atoms with E-state index in [0.717, 1.165) is 12.2 Å². The van der Waals surface area contributed by atoms with Gasteiger partial charge < -0.3 is 10.1 Å². The van der Waals surface area contributed by atoms with Gasteiger partial charge in [0.1, 0.15) is 11.9 Å². The molecular weight excluding hydrogens is 210 g/mol. The molecule has 2 nitrogen and oxygen atoms in total. The number of ether oxygens (including phenoxy) is 1. The van der Waals surface area contributed by atoms with Gasteiger partial charge in [0.25, 0.3) is 0 Å². The summed E-state index contributed by atoms with van der Waals surface area (Å²) in [5, 5.41) is 3.30. The van der Waals surface area contributed by atoms with Crippen LogP contribution in [0.4, 0.5) is 0 Å². The van der Waals surface area contributed by atoms with Gasteiger partial charge in [-0.3, -0.25) is 0 Å². The summed E-state index contributed by atoms with van der Waals surface area (Å²) in [6, 6.07) is 4.72. The van der Waals surface area contributed by atoms with Crippen LogP contribution < -0.4 is 10.1 Å². The van der Waals surface area contributed by atoms with Gasteiger partial charge in [-0.25, -0.2) is 0 Å². The summed E-state index contributed by atoms with van der Waals surface area (Å²) in [6.07, 6.45) is 1.26. The Morgan fingerprint density at radius 3 is 2.41 bits per heavy atom. The van der Waals surface area contributed by atoms with Gasteiger partial charge in [0.2, 0.25) is 0 Å². The van der Waals surface area contributed by atoms with Crippen LogP contribution in [0.2, 0.25) is 0 Å². The molecule has 0 saturated heterocycles. The van der Waals surface area contributed by atoms with E-state index in [1.807, 2.05) is 7.05 Å². The van der Waals surface area contributed by atoms with E-state index in [4.69, 9.17) is 4.74 Å². The van der Waals surface area contributed by atoms with Gasteiger partial charge in [-0.1, -0.05) is 13.0 Å². The van der Waals surface area contributed by atoms with E-state index in [2.05, 4.69) is 52.1 Å². The third-order valence-corrected chi connectivity index (χ3v) is 3.45. The molecule has 0 heterocycles. The Hall–Kier alpha value is -1.02. The van der Waals surface area contributed by atoms with Crippen molar-refractivity contribution in [2.24, 2.45) is 0 Å². The van der Waals surface area contributed by atoms with Crippen molar-refractivity contribution >= 4 is 0 Å². The Balaban J connectivity index is 2.87. The predicted molar refractivity (Wildman–Crippen MR) is 73.9 cm³/mol. The van der Waals surface area contributed by atoms with Crippen LogP contribution in [0, 0.1) is 20.8 Å². The molecule has 1 aromatic rings. The van der Waals surface area contributed by atoms with Crippen LogP contribution >= 0.6 is 0 Å². The lowest BCUT2D eigenvalue weighted by molar-refractivity contribution is 0.170. The van der Waals surface area contributed by atoms with Crippen LogP contribution in [0.5, 0.6) is 5.75 Å². The van der Waals surface area contributed by atoms with Gasteiger partial charge in [-0.15, -0.1) is 0 Å². The largest absolute Gasteiger partial charge is 0.489 e. The van der Waals surface area contributed by atoms with Crippen molar-refractivity contribution in [3.8, 4) is 5.75 Å². The molecule has 1 aromatic carbocycles. The summed E-state index contributed by atoms with van der Waals surface area (Å²) in [5.41, 5.74) is 3.80. The molecule has 0 aromatic heterocycles. The van der Waals surface area contributed by atoms with Crippen LogP contribution in [0.1, 0.15) is 37.0 Å². The molecule has 0 amide bonds. The first-order valence-electron chi connectivity index (χ1n) is 6.41. The number of hydrogen-bond donors (Lipinski definition) is 1. The van der Waals surface area contributed by atoms with E-state index in [-0.39, 0.29) is 6.10 Å². The molecule has 2 unspecified atom stereocenters.